The Labute approximate surface area is 133 Å². The van der Waals surface area contributed by atoms with Gasteiger partial charge in [0.15, 0.2) is 5.96 Å². The molecule has 1 aromatic heterocycles. The van der Waals surface area contributed by atoms with E-state index in [1.807, 2.05) is 18.3 Å². The number of piperidine rings is 1. The second-order valence-electron chi connectivity index (χ2n) is 5.46. The van der Waals surface area contributed by atoms with Crippen LogP contribution in [-0.2, 0) is 6.54 Å². The van der Waals surface area contributed by atoms with Crippen LogP contribution in [0.4, 0.5) is 0 Å². The van der Waals surface area contributed by atoms with Crippen molar-refractivity contribution >= 4 is 5.96 Å². The molecule has 2 N–H and O–H groups in total. The summed E-state index contributed by atoms with van der Waals surface area (Å²) in [4.78, 5) is 11.0. The van der Waals surface area contributed by atoms with Crippen molar-refractivity contribution in [3.63, 3.8) is 0 Å². The van der Waals surface area contributed by atoms with E-state index in [9.17, 15) is 0 Å². The van der Waals surface area contributed by atoms with Gasteiger partial charge in [0.2, 0.25) is 5.88 Å². The number of hydrogen-bond donors (Lipinski definition) is 2. The molecule has 122 valence electrons. The number of aliphatic imine (C=N–C) groups is 1. The first-order chi connectivity index (χ1) is 10.8. The molecule has 1 aliphatic rings. The van der Waals surface area contributed by atoms with E-state index in [4.69, 9.17) is 4.74 Å². The first-order valence-electron chi connectivity index (χ1n) is 7.97. The van der Waals surface area contributed by atoms with E-state index in [-0.39, 0.29) is 0 Å². The Bertz CT molecular complexity index is 454. The van der Waals surface area contributed by atoms with Gasteiger partial charge in [-0.05, 0) is 31.5 Å². The lowest BCUT2D eigenvalue weighted by Crippen LogP contribution is -2.42. The lowest BCUT2D eigenvalue weighted by Gasteiger charge is -2.26. The molecular weight excluding hydrogens is 278 g/mol. The van der Waals surface area contributed by atoms with Gasteiger partial charge in [-0.2, -0.15) is 0 Å². The predicted octanol–water partition coefficient (Wildman–Crippen LogP) is 1.24. The second kappa shape index (κ2) is 9.25. The summed E-state index contributed by atoms with van der Waals surface area (Å²) < 4.78 is 5.05. The zero-order chi connectivity index (χ0) is 15.6. The SMILES string of the molecule is CN=C(NCCN1CCCCC1)NCc1ccc(OC)nc1. The summed E-state index contributed by atoms with van der Waals surface area (Å²) in [6.07, 6.45) is 5.85. The Hall–Kier alpha value is -1.82. The Kier molecular flexibility index (Phi) is 6.96. The highest BCUT2D eigenvalue weighted by molar-refractivity contribution is 5.79. The smallest absolute Gasteiger partial charge is 0.212 e. The molecule has 6 heteroatoms. The minimum atomic E-state index is 0.632. The van der Waals surface area contributed by atoms with E-state index in [0.717, 1.165) is 24.6 Å². The summed E-state index contributed by atoms with van der Waals surface area (Å²) in [5, 5.41) is 6.66. The first-order valence-corrected chi connectivity index (χ1v) is 7.97. The molecule has 0 saturated carbocycles. The van der Waals surface area contributed by atoms with E-state index in [1.54, 1.807) is 14.2 Å². The third-order valence-corrected chi connectivity index (χ3v) is 3.86. The maximum absolute atomic E-state index is 5.05. The van der Waals surface area contributed by atoms with E-state index >= 15 is 0 Å². The number of nitrogens with zero attached hydrogens (tertiary/aromatic N) is 3. The molecule has 0 spiro atoms. The van der Waals surface area contributed by atoms with Gasteiger partial charge < -0.3 is 20.3 Å². The fourth-order valence-corrected chi connectivity index (χ4v) is 2.56. The molecule has 6 nitrogen and oxygen atoms in total. The molecule has 0 aliphatic carbocycles. The van der Waals surface area contributed by atoms with E-state index < -0.39 is 0 Å². The highest BCUT2D eigenvalue weighted by Crippen LogP contribution is 2.07. The standard InChI is InChI=1S/C16H27N5O/c1-17-16(18-8-11-21-9-4-3-5-10-21)20-13-14-6-7-15(22-2)19-12-14/h6-7,12H,3-5,8-11,13H2,1-2H3,(H2,17,18,20). The first kappa shape index (κ1) is 16.5. The van der Waals surface area contributed by atoms with Crippen molar-refractivity contribution in [3.8, 4) is 5.88 Å². The predicted molar refractivity (Wildman–Crippen MR) is 89.3 cm³/mol. The minimum Gasteiger partial charge on any atom is -0.481 e. The normalized spacial score (nSPS) is 16.4. The highest BCUT2D eigenvalue weighted by Gasteiger charge is 2.09. The minimum absolute atomic E-state index is 0.632. The number of methoxy groups -OCH3 is 1. The van der Waals surface area contributed by atoms with Crippen molar-refractivity contribution in [1.82, 2.24) is 20.5 Å². The van der Waals surface area contributed by atoms with Crippen LogP contribution in [0.5, 0.6) is 5.88 Å². The van der Waals surface area contributed by atoms with Gasteiger partial charge in [0.1, 0.15) is 0 Å². The van der Waals surface area contributed by atoms with Crippen LogP contribution < -0.4 is 15.4 Å². The van der Waals surface area contributed by atoms with Gasteiger partial charge in [0.05, 0.1) is 7.11 Å². The van der Waals surface area contributed by atoms with Crippen LogP contribution >= 0.6 is 0 Å². The van der Waals surface area contributed by atoms with Crippen LogP contribution in [0.25, 0.3) is 0 Å². The van der Waals surface area contributed by atoms with Crippen LogP contribution in [0.1, 0.15) is 24.8 Å². The number of nitrogens with one attached hydrogen (secondary N) is 2. The van der Waals surface area contributed by atoms with Crippen molar-refractivity contribution in [1.29, 1.82) is 0 Å². The number of guanidine groups is 1. The Morgan fingerprint density at radius 3 is 2.73 bits per heavy atom. The number of pyridine rings is 1. The van der Waals surface area contributed by atoms with Gasteiger partial charge in [-0.15, -0.1) is 0 Å². The molecule has 0 radical (unpaired) electrons. The summed E-state index contributed by atoms with van der Waals surface area (Å²) in [5.41, 5.74) is 1.10. The molecule has 1 saturated heterocycles. The monoisotopic (exact) mass is 305 g/mol. The molecule has 0 atom stereocenters. The average Bonchev–Trinajstić information content (AvgIpc) is 2.59. The maximum atomic E-state index is 5.05. The Morgan fingerprint density at radius 2 is 2.09 bits per heavy atom. The Balaban J connectivity index is 1.67. The lowest BCUT2D eigenvalue weighted by atomic mass is 10.1. The van der Waals surface area contributed by atoms with E-state index in [0.29, 0.717) is 12.4 Å². The molecule has 1 aromatic rings. The van der Waals surface area contributed by atoms with Crippen LogP contribution in [0.2, 0.25) is 0 Å². The number of ether oxygens (including phenoxy) is 1. The highest BCUT2D eigenvalue weighted by atomic mass is 16.5. The third-order valence-electron chi connectivity index (χ3n) is 3.86. The fraction of sp³-hybridized carbons (Fsp3) is 0.625. The van der Waals surface area contributed by atoms with Gasteiger partial charge in [0.25, 0.3) is 0 Å². The lowest BCUT2D eigenvalue weighted by molar-refractivity contribution is 0.232. The Morgan fingerprint density at radius 1 is 1.27 bits per heavy atom. The number of aromatic nitrogens is 1. The van der Waals surface area contributed by atoms with Crippen molar-refractivity contribution in [2.45, 2.75) is 25.8 Å². The van der Waals surface area contributed by atoms with Crippen LogP contribution in [0, 0.1) is 0 Å². The molecule has 1 fully saturated rings. The van der Waals surface area contributed by atoms with Crippen molar-refractivity contribution < 1.29 is 4.74 Å². The molecule has 2 rings (SSSR count). The molecule has 0 aromatic carbocycles. The zero-order valence-corrected chi connectivity index (χ0v) is 13.6. The summed E-state index contributed by atoms with van der Waals surface area (Å²) in [6.45, 7) is 5.14. The number of hydrogen-bond acceptors (Lipinski definition) is 4. The summed E-state index contributed by atoms with van der Waals surface area (Å²) in [6, 6.07) is 3.86. The van der Waals surface area contributed by atoms with Crippen molar-refractivity contribution in [2.75, 3.05) is 40.3 Å². The van der Waals surface area contributed by atoms with Gasteiger partial charge >= 0.3 is 0 Å². The van der Waals surface area contributed by atoms with Crippen molar-refractivity contribution in [2.24, 2.45) is 4.99 Å². The van der Waals surface area contributed by atoms with Gasteiger partial charge in [-0.1, -0.05) is 12.5 Å². The average molecular weight is 305 g/mol. The second-order valence-corrected chi connectivity index (χ2v) is 5.46. The summed E-state index contributed by atoms with van der Waals surface area (Å²) in [7, 11) is 3.41. The maximum Gasteiger partial charge on any atom is 0.212 e. The van der Waals surface area contributed by atoms with Crippen LogP contribution in [0.3, 0.4) is 0 Å². The van der Waals surface area contributed by atoms with Crippen molar-refractivity contribution in [3.05, 3.63) is 23.9 Å². The molecule has 0 amide bonds. The quantitative estimate of drug-likeness (QED) is 0.612. The number of rotatable bonds is 6. The molecular formula is C16H27N5O. The van der Waals surface area contributed by atoms with E-state index in [2.05, 4.69) is 25.5 Å². The summed E-state index contributed by atoms with van der Waals surface area (Å²) >= 11 is 0. The molecule has 2 heterocycles. The van der Waals surface area contributed by atoms with Gasteiger partial charge in [-0.3, -0.25) is 4.99 Å². The van der Waals surface area contributed by atoms with Gasteiger partial charge in [0, 0.05) is 38.9 Å². The number of likely N-dealkylation sites (tertiary alicyclic amines) is 1. The van der Waals surface area contributed by atoms with Crippen LogP contribution in [0.15, 0.2) is 23.3 Å². The van der Waals surface area contributed by atoms with E-state index in [1.165, 1.54) is 32.4 Å². The topological polar surface area (TPSA) is 61.8 Å². The molecule has 0 unspecified atom stereocenters. The zero-order valence-electron chi connectivity index (χ0n) is 13.6. The fourth-order valence-electron chi connectivity index (χ4n) is 2.56. The van der Waals surface area contributed by atoms with Gasteiger partial charge in [-0.25, -0.2) is 4.98 Å². The molecule has 0 bridgehead atoms. The molecule has 22 heavy (non-hydrogen) atoms. The largest absolute Gasteiger partial charge is 0.481 e. The molecule has 1 aliphatic heterocycles. The third kappa shape index (κ3) is 5.52. The summed E-state index contributed by atoms with van der Waals surface area (Å²) in [5.74, 6) is 1.46. The van der Waals surface area contributed by atoms with Crippen LogP contribution in [-0.4, -0.2) is 56.2 Å².